The zero-order chi connectivity index (χ0) is 11.8. The summed E-state index contributed by atoms with van der Waals surface area (Å²) in [6.45, 7) is 7.45. The van der Waals surface area contributed by atoms with Gasteiger partial charge in [-0.3, -0.25) is 4.79 Å². The van der Waals surface area contributed by atoms with Gasteiger partial charge >= 0.3 is 0 Å². The lowest BCUT2D eigenvalue weighted by atomic mass is 9.96. The molecule has 1 unspecified atom stereocenters. The predicted molar refractivity (Wildman–Crippen MR) is 74.5 cm³/mol. The first kappa shape index (κ1) is 16.7. The van der Waals surface area contributed by atoms with Gasteiger partial charge in [0.05, 0.1) is 0 Å². The monoisotopic (exact) mass is 262 g/mol. The molecule has 0 aromatic carbocycles. The quantitative estimate of drug-likeness (QED) is 0.772. The van der Waals surface area contributed by atoms with E-state index >= 15 is 0 Å². The van der Waals surface area contributed by atoms with E-state index < -0.39 is 0 Å². The topological polar surface area (TPSA) is 41.1 Å². The first-order chi connectivity index (χ1) is 7.68. The van der Waals surface area contributed by atoms with Crippen LogP contribution in [0.4, 0.5) is 0 Å². The van der Waals surface area contributed by atoms with E-state index in [2.05, 4.69) is 24.5 Å². The Labute approximate surface area is 112 Å². The van der Waals surface area contributed by atoms with Crippen molar-refractivity contribution in [2.45, 2.75) is 46.0 Å². The van der Waals surface area contributed by atoms with E-state index in [1.165, 1.54) is 12.8 Å². The van der Waals surface area contributed by atoms with Crippen molar-refractivity contribution in [1.29, 1.82) is 0 Å². The van der Waals surface area contributed by atoms with Crippen LogP contribution in [0.25, 0.3) is 0 Å². The Morgan fingerprint density at radius 3 is 2.82 bits per heavy atom. The number of hydrogen-bond donors (Lipinski definition) is 2. The molecule has 3 nitrogen and oxygen atoms in total. The standard InChI is InChI=1S/C13H26N2O.ClH/c1-11(2)5-6-13(16)15-9-7-12-4-3-8-14-10-12;/h11-12,14H,3-10H2,1-2H3,(H,15,16);1H. The van der Waals surface area contributed by atoms with Gasteiger partial charge in [-0.25, -0.2) is 0 Å². The summed E-state index contributed by atoms with van der Waals surface area (Å²) in [5, 5.41) is 6.42. The molecule has 0 aromatic rings. The van der Waals surface area contributed by atoms with E-state index in [0.29, 0.717) is 12.3 Å². The molecule has 1 saturated heterocycles. The number of hydrogen-bond acceptors (Lipinski definition) is 2. The third-order valence-electron chi connectivity index (χ3n) is 3.22. The lowest BCUT2D eigenvalue weighted by molar-refractivity contribution is -0.121. The third kappa shape index (κ3) is 8.44. The SMILES string of the molecule is CC(C)CCC(=O)NCCC1CCCNC1.Cl. The summed E-state index contributed by atoms with van der Waals surface area (Å²) >= 11 is 0. The molecule has 0 bridgehead atoms. The normalized spacial score (nSPS) is 19.8. The van der Waals surface area contributed by atoms with Crippen LogP contribution in [0.1, 0.15) is 46.0 Å². The van der Waals surface area contributed by atoms with E-state index in [0.717, 1.165) is 38.4 Å². The molecule has 0 aromatic heterocycles. The number of amides is 1. The maximum absolute atomic E-state index is 11.5. The molecule has 1 heterocycles. The van der Waals surface area contributed by atoms with Crippen molar-refractivity contribution in [3.8, 4) is 0 Å². The maximum atomic E-state index is 11.5. The van der Waals surface area contributed by atoms with Gasteiger partial charge in [-0.15, -0.1) is 12.4 Å². The second-order valence-corrected chi connectivity index (χ2v) is 5.28. The first-order valence-electron chi connectivity index (χ1n) is 6.66. The average Bonchev–Trinajstić information content (AvgIpc) is 2.28. The van der Waals surface area contributed by atoms with Crippen LogP contribution in [-0.2, 0) is 4.79 Å². The van der Waals surface area contributed by atoms with E-state index in [4.69, 9.17) is 0 Å². The van der Waals surface area contributed by atoms with E-state index in [1.807, 2.05) is 0 Å². The molecule has 1 atom stereocenters. The number of nitrogens with one attached hydrogen (secondary N) is 2. The minimum atomic E-state index is 0. The molecule has 102 valence electrons. The van der Waals surface area contributed by atoms with Crippen LogP contribution in [0.2, 0.25) is 0 Å². The van der Waals surface area contributed by atoms with Crippen LogP contribution < -0.4 is 10.6 Å². The molecule has 0 radical (unpaired) electrons. The lowest BCUT2D eigenvalue weighted by Crippen LogP contribution is -2.33. The van der Waals surface area contributed by atoms with Gasteiger partial charge in [0.15, 0.2) is 0 Å². The van der Waals surface area contributed by atoms with Crippen molar-refractivity contribution < 1.29 is 4.79 Å². The summed E-state index contributed by atoms with van der Waals surface area (Å²) < 4.78 is 0. The summed E-state index contributed by atoms with van der Waals surface area (Å²) in [5.74, 6) is 1.60. The highest BCUT2D eigenvalue weighted by Crippen LogP contribution is 2.12. The minimum Gasteiger partial charge on any atom is -0.356 e. The average molecular weight is 263 g/mol. The fourth-order valence-corrected chi connectivity index (χ4v) is 2.09. The smallest absolute Gasteiger partial charge is 0.220 e. The first-order valence-corrected chi connectivity index (χ1v) is 6.66. The van der Waals surface area contributed by atoms with Gasteiger partial charge < -0.3 is 10.6 Å². The van der Waals surface area contributed by atoms with Gasteiger partial charge in [0, 0.05) is 13.0 Å². The fourth-order valence-electron chi connectivity index (χ4n) is 2.09. The van der Waals surface area contributed by atoms with Crippen LogP contribution in [0.5, 0.6) is 0 Å². The molecular formula is C13H27ClN2O. The highest BCUT2D eigenvalue weighted by Gasteiger charge is 2.12. The summed E-state index contributed by atoms with van der Waals surface area (Å²) in [6, 6.07) is 0. The molecule has 1 aliphatic heterocycles. The van der Waals surface area contributed by atoms with Crippen molar-refractivity contribution >= 4 is 18.3 Å². The van der Waals surface area contributed by atoms with E-state index in [-0.39, 0.29) is 18.3 Å². The Morgan fingerprint density at radius 1 is 1.47 bits per heavy atom. The molecule has 0 aliphatic carbocycles. The number of rotatable bonds is 6. The second kappa shape index (κ2) is 9.72. The number of halogens is 1. The van der Waals surface area contributed by atoms with E-state index in [1.54, 1.807) is 0 Å². The number of carbonyl (C=O) groups excluding carboxylic acids is 1. The Kier molecular flexibility index (Phi) is 9.56. The van der Waals surface area contributed by atoms with Gasteiger partial charge in [-0.1, -0.05) is 13.8 Å². The summed E-state index contributed by atoms with van der Waals surface area (Å²) in [7, 11) is 0. The summed E-state index contributed by atoms with van der Waals surface area (Å²) in [4.78, 5) is 11.5. The molecule has 1 amide bonds. The predicted octanol–water partition coefficient (Wildman–Crippen LogP) is 2.35. The molecule has 0 saturated carbocycles. The van der Waals surface area contributed by atoms with Gasteiger partial charge in [0.25, 0.3) is 0 Å². The van der Waals surface area contributed by atoms with Crippen molar-refractivity contribution in [2.24, 2.45) is 11.8 Å². The molecule has 4 heteroatoms. The van der Waals surface area contributed by atoms with Crippen molar-refractivity contribution in [2.75, 3.05) is 19.6 Å². The molecule has 0 spiro atoms. The zero-order valence-electron chi connectivity index (χ0n) is 11.1. The van der Waals surface area contributed by atoms with E-state index in [9.17, 15) is 4.79 Å². The van der Waals surface area contributed by atoms with Gasteiger partial charge in [-0.05, 0) is 50.6 Å². The van der Waals surface area contributed by atoms with Gasteiger partial charge in [0.1, 0.15) is 0 Å². The molecule has 1 aliphatic rings. The van der Waals surface area contributed by atoms with Crippen LogP contribution in [0.15, 0.2) is 0 Å². The Hall–Kier alpha value is -0.280. The summed E-state index contributed by atoms with van der Waals surface area (Å²) in [5.41, 5.74) is 0. The third-order valence-corrected chi connectivity index (χ3v) is 3.22. The van der Waals surface area contributed by atoms with Crippen LogP contribution in [0, 0.1) is 11.8 Å². The number of piperidine rings is 1. The molecule has 1 fully saturated rings. The molecule has 17 heavy (non-hydrogen) atoms. The van der Waals surface area contributed by atoms with Crippen molar-refractivity contribution in [3.63, 3.8) is 0 Å². The Balaban J connectivity index is 0.00000256. The Bertz CT molecular complexity index is 204. The zero-order valence-corrected chi connectivity index (χ0v) is 11.9. The maximum Gasteiger partial charge on any atom is 0.220 e. The van der Waals surface area contributed by atoms with Crippen LogP contribution in [0.3, 0.4) is 0 Å². The highest BCUT2D eigenvalue weighted by molar-refractivity contribution is 5.85. The highest BCUT2D eigenvalue weighted by atomic mass is 35.5. The Morgan fingerprint density at radius 2 is 2.24 bits per heavy atom. The van der Waals surface area contributed by atoms with Gasteiger partial charge in [0.2, 0.25) is 5.91 Å². The van der Waals surface area contributed by atoms with Gasteiger partial charge in [-0.2, -0.15) is 0 Å². The van der Waals surface area contributed by atoms with Crippen molar-refractivity contribution in [3.05, 3.63) is 0 Å². The van der Waals surface area contributed by atoms with Crippen LogP contribution >= 0.6 is 12.4 Å². The van der Waals surface area contributed by atoms with Crippen molar-refractivity contribution in [1.82, 2.24) is 10.6 Å². The molecule has 2 N–H and O–H groups in total. The number of carbonyl (C=O) groups is 1. The second-order valence-electron chi connectivity index (χ2n) is 5.28. The fraction of sp³-hybridized carbons (Fsp3) is 0.923. The largest absolute Gasteiger partial charge is 0.356 e. The lowest BCUT2D eigenvalue weighted by Gasteiger charge is -2.22. The summed E-state index contributed by atoms with van der Waals surface area (Å²) in [6.07, 6.45) is 5.40. The minimum absolute atomic E-state index is 0. The van der Waals surface area contributed by atoms with Crippen LogP contribution in [-0.4, -0.2) is 25.5 Å². The molecular weight excluding hydrogens is 236 g/mol. The molecule has 1 rings (SSSR count).